The van der Waals surface area contributed by atoms with Gasteiger partial charge in [0.2, 0.25) is 11.8 Å². The fraction of sp³-hybridized carbons (Fsp3) is 0.412. The number of nitrogens with zero attached hydrogens (tertiary/aromatic N) is 3. The van der Waals surface area contributed by atoms with E-state index in [1.807, 2.05) is 49.3 Å². The number of aliphatic imine (C=N–C) groups is 1. The Morgan fingerprint density at radius 1 is 1.21 bits per heavy atom. The summed E-state index contributed by atoms with van der Waals surface area (Å²) in [5.41, 5.74) is 1.24. The average molecular weight is 330 g/mol. The van der Waals surface area contributed by atoms with Crippen LogP contribution in [-0.2, 0) is 16.1 Å². The molecule has 1 heterocycles. The third-order valence-corrected chi connectivity index (χ3v) is 3.76. The maximum absolute atomic E-state index is 12.6. The zero-order chi connectivity index (χ0) is 17.7. The fourth-order valence-electron chi connectivity index (χ4n) is 2.41. The molecule has 1 saturated heterocycles. The van der Waals surface area contributed by atoms with Gasteiger partial charge in [-0.25, -0.2) is 4.79 Å². The van der Waals surface area contributed by atoms with Gasteiger partial charge in [-0.3, -0.25) is 24.8 Å². The Bertz CT molecular complexity index is 655. The molecule has 0 radical (unpaired) electrons. The van der Waals surface area contributed by atoms with Crippen LogP contribution in [0.3, 0.4) is 0 Å². The topological polar surface area (TPSA) is 82.1 Å². The molecule has 0 bridgehead atoms. The Balaban J connectivity index is 2.15. The predicted octanol–water partition coefficient (Wildman–Crippen LogP) is 0.904. The molecule has 1 unspecified atom stereocenters. The lowest BCUT2D eigenvalue weighted by Gasteiger charge is -2.30. The van der Waals surface area contributed by atoms with Crippen LogP contribution in [0.5, 0.6) is 0 Å². The second kappa shape index (κ2) is 7.83. The minimum atomic E-state index is -1.05. The molecular weight excluding hydrogens is 308 g/mol. The van der Waals surface area contributed by atoms with Gasteiger partial charge >= 0.3 is 6.03 Å². The summed E-state index contributed by atoms with van der Waals surface area (Å²) in [4.78, 5) is 44.1. The number of likely N-dealkylation sites (N-methyl/N-ethyl adjacent to an activating group) is 1. The monoisotopic (exact) mass is 330 g/mol. The third kappa shape index (κ3) is 4.26. The number of hydrogen-bond acceptors (Lipinski definition) is 5. The lowest BCUT2D eigenvalue weighted by Crippen LogP contribution is -2.59. The number of amides is 4. The number of carbonyl (C=O) groups excluding carboxylic acids is 3. The summed E-state index contributed by atoms with van der Waals surface area (Å²) in [6.07, 6.45) is 0. The highest BCUT2D eigenvalue weighted by atomic mass is 16.2. The van der Waals surface area contributed by atoms with Crippen molar-refractivity contribution in [1.82, 2.24) is 15.1 Å². The zero-order valence-electron chi connectivity index (χ0n) is 14.2. The van der Waals surface area contributed by atoms with E-state index < -0.39 is 23.8 Å². The van der Waals surface area contributed by atoms with Gasteiger partial charge in [0.25, 0.3) is 0 Å². The van der Waals surface area contributed by atoms with Crippen molar-refractivity contribution >= 4 is 23.6 Å². The number of barbiturate groups is 1. The summed E-state index contributed by atoms with van der Waals surface area (Å²) in [5.74, 6) is -2.19. The summed E-state index contributed by atoms with van der Waals surface area (Å²) in [7, 11) is 3.84. The quantitative estimate of drug-likeness (QED) is 0.621. The average Bonchev–Trinajstić information content (AvgIpc) is 2.52. The van der Waals surface area contributed by atoms with Crippen LogP contribution in [0.2, 0.25) is 0 Å². The lowest BCUT2D eigenvalue weighted by molar-refractivity contribution is -0.139. The van der Waals surface area contributed by atoms with Crippen LogP contribution in [-0.4, -0.2) is 60.5 Å². The van der Waals surface area contributed by atoms with Crippen molar-refractivity contribution in [2.24, 2.45) is 10.9 Å². The Labute approximate surface area is 141 Å². The molecule has 7 nitrogen and oxygen atoms in total. The smallest absolute Gasteiger partial charge is 0.308 e. The van der Waals surface area contributed by atoms with Crippen LogP contribution < -0.4 is 5.32 Å². The number of benzene rings is 1. The van der Waals surface area contributed by atoms with Crippen LogP contribution in [0, 0.1) is 5.92 Å². The van der Waals surface area contributed by atoms with E-state index in [-0.39, 0.29) is 6.54 Å². The largest absolute Gasteiger partial charge is 0.331 e. The van der Waals surface area contributed by atoms with Crippen molar-refractivity contribution < 1.29 is 14.4 Å². The molecule has 1 aliphatic heterocycles. The number of imide groups is 2. The SMILES string of the molecule is CC(=NCCN(C)C)C1C(=O)NC(=O)N(Cc2ccccc2)C1=O. The molecule has 7 heteroatoms. The minimum Gasteiger partial charge on any atom is -0.308 e. The number of carbonyl (C=O) groups is 3. The van der Waals surface area contributed by atoms with Crippen molar-refractivity contribution in [1.29, 1.82) is 0 Å². The molecule has 1 aromatic rings. The second-order valence-corrected chi connectivity index (χ2v) is 5.96. The van der Waals surface area contributed by atoms with E-state index in [1.54, 1.807) is 6.92 Å². The molecule has 0 aliphatic carbocycles. The van der Waals surface area contributed by atoms with E-state index in [0.29, 0.717) is 18.8 Å². The van der Waals surface area contributed by atoms with Crippen molar-refractivity contribution in [2.45, 2.75) is 13.5 Å². The molecule has 1 N–H and O–H groups in total. The van der Waals surface area contributed by atoms with E-state index in [1.165, 1.54) is 0 Å². The van der Waals surface area contributed by atoms with Gasteiger partial charge in [-0.1, -0.05) is 30.3 Å². The van der Waals surface area contributed by atoms with Crippen molar-refractivity contribution in [2.75, 3.05) is 27.2 Å². The standard InChI is InChI=1S/C17H22N4O3/c1-12(18-9-10-20(2)3)14-15(22)19-17(24)21(16(14)23)11-13-7-5-4-6-8-13/h4-8,14H,9-11H2,1-3H3,(H,19,22,24). The van der Waals surface area contributed by atoms with Crippen molar-refractivity contribution in [3.8, 4) is 0 Å². The molecule has 0 saturated carbocycles. The van der Waals surface area contributed by atoms with Gasteiger partial charge in [-0.05, 0) is 26.6 Å². The number of rotatable bonds is 6. The van der Waals surface area contributed by atoms with Gasteiger partial charge in [0.1, 0.15) is 0 Å². The van der Waals surface area contributed by atoms with E-state index >= 15 is 0 Å². The minimum absolute atomic E-state index is 0.125. The van der Waals surface area contributed by atoms with Crippen LogP contribution in [0.15, 0.2) is 35.3 Å². The maximum Gasteiger partial charge on any atom is 0.331 e. The van der Waals surface area contributed by atoms with E-state index in [4.69, 9.17) is 0 Å². The van der Waals surface area contributed by atoms with Gasteiger partial charge < -0.3 is 4.90 Å². The van der Waals surface area contributed by atoms with Crippen LogP contribution in [0.1, 0.15) is 12.5 Å². The van der Waals surface area contributed by atoms with Crippen molar-refractivity contribution in [3.05, 3.63) is 35.9 Å². The summed E-state index contributed by atoms with van der Waals surface area (Å²) in [6.45, 7) is 2.98. The molecule has 128 valence electrons. The first kappa shape index (κ1) is 17.8. The Morgan fingerprint density at radius 2 is 1.88 bits per heavy atom. The van der Waals surface area contributed by atoms with Crippen molar-refractivity contribution in [3.63, 3.8) is 0 Å². The maximum atomic E-state index is 12.6. The van der Waals surface area contributed by atoms with Gasteiger partial charge in [0, 0.05) is 12.3 Å². The molecule has 1 aromatic carbocycles. The van der Waals surface area contributed by atoms with Crippen LogP contribution in [0.4, 0.5) is 4.79 Å². The molecule has 0 spiro atoms. The molecule has 0 aromatic heterocycles. The molecule has 4 amide bonds. The summed E-state index contributed by atoms with van der Waals surface area (Å²) in [5, 5.41) is 2.25. The number of nitrogens with one attached hydrogen (secondary N) is 1. The van der Waals surface area contributed by atoms with E-state index in [2.05, 4.69) is 10.3 Å². The fourth-order valence-corrected chi connectivity index (χ4v) is 2.41. The number of urea groups is 1. The Hall–Kier alpha value is -2.54. The lowest BCUT2D eigenvalue weighted by atomic mass is 9.99. The normalized spacial score (nSPS) is 19.0. The van der Waals surface area contributed by atoms with E-state index in [0.717, 1.165) is 10.5 Å². The highest BCUT2D eigenvalue weighted by Crippen LogP contribution is 2.16. The molecular formula is C17H22N4O3. The highest BCUT2D eigenvalue weighted by Gasteiger charge is 2.41. The number of hydrogen-bond donors (Lipinski definition) is 1. The molecule has 24 heavy (non-hydrogen) atoms. The summed E-state index contributed by atoms with van der Waals surface area (Å²) in [6, 6.07) is 8.48. The Kier molecular flexibility index (Phi) is 5.81. The molecule has 2 rings (SSSR count). The molecule has 1 aliphatic rings. The molecule has 1 atom stereocenters. The van der Waals surface area contributed by atoms with Gasteiger partial charge in [-0.2, -0.15) is 0 Å². The highest BCUT2D eigenvalue weighted by molar-refractivity contribution is 6.27. The molecule has 1 fully saturated rings. The third-order valence-electron chi connectivity index (χ3n) is 3.76. The van der Waals surface area contributed by atoms with Gasteiger partial charge in [0.05, 0.1) is 13.1 Å². The van der Waals surface area contributed by atoms with Crippen LogP contribution >= 0.6 is 0 Å². The predicted molar refractivity (Wildman–Crippen MR) is 90.6 cm³/mol. The van der Waals surface area contributed by atoms with Gasteiger partial charge in [0.15, 0.2) is 5.92 Å². The zero-order valence-corrected chi connectivity index (χ0v) is 14.2. The first-order valence-corrected chi connectivity index (χ1v) is 7.76. The van der Waals surface area contributed by atoms with Gasteiger partial charge in [-0.15, -0.1) is 0 Å². The summed E-state index contributed by atoms with van der Waals surface area (Å²) < 4.78 is 0. The van der Waals surface area contributed by atoms with Crippen LogP contribution in [0.25, 0.3) is 0 Å². The Morgan fingerprint density at radius 3 is 2.50 bits per heavy atom. The summed E-state index contributed by atoms with van der Waals surface area (Å²) >= 11 is 0. The van der Waals surface area contributed by atoms with E-state index in [9.17, 15) is 14.4 Å². The first-order valence-electron chi connectivity index (χ1n) is 7.76. The second-order valence-electron chi connectivity index (χ2n) is 5.96. The first-order chi connectivity index (χ1) is 11.4.